The number of carbonyl (C=O) groups excluding carboxylic acids is 4. The van der Waals surface area contributed by atoms with Crippen LogP contribution >= 0.6 is 0 Å². The molecule has 2 unspecified atom stereocenters. The van der Waals surface area contributed by atoms with Gasteiger partial charge in [-0.15, -0.1) is 0 Å². The molecule has 0 saturated carbocycles. The number of nitrogens with zero attached hydrogens (tertiary/aromatic N) is 1. The van der Waals surface area contributed by atoms with Crippen molar-refractivity contribution < 1.29 is 66.5 Å². The van der Waals surface area contributed by atoms with Crippen LogP contribution in [0.4, 0.5) is 5.69 Å². The van der Waals surface area contributed by atoms with Crippen molar-refractivity contribution in [1.29, 1.82) is 0 Å². The first kappa shape index (κ1) is 46.3. The fourth-order valence-corrected chi connectivity index (χ4v) is 5.30. The Labute approximate surface area is 324 Å². The van der Waals surface area contributed by atoms with Crippen molar-refractivity contribution in [2.24, 2.45) is 5.92 Å². The molecule has 1 saturated heterocycles. The third kappa shape index (κ3) is 18.6. The van der Waals surface area contributed by atoms with Crippen molar-refractivity contribution in [3.8, 4) is 0 Å². The van der Waals surface area contributed by atoms with E-state index in [-0.39, 0.29) is 24.0 Å². The van der Waals surface area contributed by atoms with Gasteiger partial charge in [-0.25, -0.2) is 0 Å². The number of hydrogen-bond donors (Lipinski definition) is 2. The molecule has 2 atom stereocenters. The highest BCUT2D eigenvalue weighted by Crippen LogP contribution is 2.32. The molecule has 0 radical (unpaired) electrons. The van der Waals surface area contributed by atoms with Gasteiger partial charge in [0, 0.05) is 25.3 Å². The van der Waals surface area contributed by atoms with Crippen LogP contribution < -0.4 is 10.6 Å². The number of piperidine rings is 1. The van der Waals surface area contributed by atoms with Crippen LogP contribution in [0.5, 0.6) is 0 Å². The molecule has 1 fully saturated rings. The summed E-state index contributed by atoms with van der Waals surface area (Å²) < 4.78 is 55.1. The Morgan fingerprint density at radius 3 is 1.51 bits per heavy atom. The molecule has 55 heavy (non-hydrogen) atoms. The number of fused-ring (bicyclic) bond motifs is 1. The largest absolute Gasteiger partial charge is 0.382 e. The zero-order valence-electron chi connectivity index (χ0n) is 32.5. The molecule has 2 heterocycles. The topological polar surface area (TPSA) is 188 Å². The summed E-state index contributed by atoms with van der Waals surface area (Å²) in [5.74, 6) is -1.58. The highest BCUT2D eigenvalue weighted by molar-refractivity contribution is 6.25. The third-order valence-corrected chi connectivity index (χ3v) is 8.48. The van der Waals surface area contributed by atoms with Crippen LogP contribution in [0.15, 0.2) is 18.2 Å². The van der Waals surface area contributed by atoms with Gasteiger partial charge in [0.1, 0.15) is 6.04 Å². The number of carbonyl (C=O) groups is 4. The van der Waals surface area contributed by atoms with Gasteiger partial charge in [0.25, 0.3) is 11.8 Å². The number of benzene rings is 1. The van der Waals surface area contributed by atoms with E-state index in [2.05, 4.69) is 24.5 Å². The smallest absolute Gasteiger partial charge is 0.264 e. The number of hydrogen-bond acceptors (Lipinski definition) is 15. The maximum absolute atomic E-state index is 13.2. The quantitative estimate of drug-likeness (QED) is 0.0748. The van der Waals surface area contributed by atoms with Crippen molar-refractivity contribution in [2.75, 3.05) is 144 Å². The van der Waals surface area contributed by atoms with Crippen LogP contribution in [0.1, 0.15) is 53.8 Å². The Balaban J connectivity index is 1.01. The van der Waals surface area contributed by atoms with Crippen LogP contribution in [-0.4, -0.2) is 173 Å². The lowest BCUT2D eigenvalue weighted by atomic mass is 10.0. The standard InChI is InChI=1S/C38H61N3O14/c1-3-30(2)29-55-28-27-54-26-25-53-24-23-52-22-21-51-20-19-50-18-17-49-16-15-48-14-13-47-12-11-46-10-9-39-32-6-4-5-31-35(32)38(45)41(37(31)44)33-7-8-34(42)40-36(33)43/h4-6,30,33,39H,3,7-29H2,1-2H3,(H,40,42,43). The second kappa shape index (κ2) is 29.2. The van der Waals surface area contributed by atoms with Gasteiger partial charge in [-0.05, 0) is 24.5 Å². The van der Waals surface area contributed by atoms with E-state index >= 15 is 0 Å². The first-order valence-electron chi connectivity index (χ1n) is 19.3. The monoisotopic (exact) mass is 783 g/mol. The van der Waals surface area contributed by atoms with E-state index in [9.17, 15) is 19.2 Å². The Bertz CT molecular complexity index is 1250. The molecule has 0 aliphatic carbocycles. The zero-order valence-corrected chi connectivity index (χ0v) is 32.5. The molecule has 2 aliphatic rings. The van der Waals surface area contributed by atoms with Crippen molar-refractivity contribution in [3.63, 3.8) is 0 Å². The first-order valence-corrected chi connectivity index (χ1v) is 19.3. The number of amides is 4. The van der Waals surface area contributed by atoms with Gasteiger partial charge in [0.05, 0.1) is 137 Å². The average molecular weight is 784 g/mol. The molecule has 17 heteroatoms. The molecule has 0 aromatic heterocycles. The van der Waals surface area contributed by atoms with Crippen molar-refractivity contribution in [1.82, 2.24) is 10.2 Å². The second-order valence-corrected chi connectivity index (χ2v) is 12.7. The number of ether oxygens (including phenoxy) is 10. The van der Waals surface area contributed by atoms with E-state index in [1.165, 1.54) is 0 Å². The van der Waals surface area contributed by atoms with Gasteiger partial charge in [0.15, 0.2) is 0 Å². The second-order valence-electron chi connectivity index (χ2n) is 12.7. The highest BCUT2D eigenvalue weighted by Gasteiger charge is 2.45. The van der Waals surface area contributed by atoms with Gasteiger partial charge in [-0.1, -0.05) is 26.3 Å². The molecule has 0 bridgehead atoms. The summed E-state index contributed by atoms with van der Waals surface area (Å²) in [6, 6.07) is 3.91. The maximum Gasteiger partial charge on any atom is 0.264 e. The highest BCUT2D eigenvalue weighted by atomic mass is 16.6. The van der Waals surface area contributed by atoms with Crippen molar-refractivity contribution in [2.45, 2.75) is 39.2 Å². The SMILES string of the molecule is CCC(C)COCCOCCOCCOCCOCCOCCOCCOCCOCCOCCNc1cccc2c1C(=O)N(C1CCC(=O)NC1=O)C2=O. The van der Waals surface area contributed by atoms with Gasteiger partial charge >= 0.3 is 0 Å². The number of anilines is 1. The summed E-state index contributed by atoms with van der Waals surface area (Å²) in [6.45, 7) is 14.5. The summed E-state index contributed by atoms with van der Waals surface area (Å²) in [7, 11) is 0. The molecule has 2 aliphatic heterocycles. The Kier molecular flexibility index (Phi) is 24.6. The minimum absolute atomic E-state index is 0.0667. The molecule has 3 rings (SSSR count). The predicted octanol–water partition coefficient (Wildman–Crippen LogP) is 1.71. The third-order valence-electron chi connectivity index (χ3n) is 8.48. The molecule has 2 N–H and O–H groups in total. The Morgan fingerprint density at radius 1 is 0.636 bits per heavy atom. The van der Waals surface area contributed by atoms with Crippen molar-refractivity contribution >= 4 is 29.3 Å². The molecular formula is C38H61N3O14. The average Bonchev–Trinajstić information content (AvgIpc) is 3.44. The number of rotatable bonds is 35. The lowest BCUT2D eigenvalue weighted by Gasteiger charge is -2.27. The van der Waals surface area contributed by atoms with E-state index in [1.54, 1.807) is 18.2 Å². The van der Waals surface area contributed by atoms with Crippen LogP contribution in [0, 0.1) is 5.92 Å². The number of nitrogens with one attached hydrogen (secondary N) is 2. The van der Waals surface area contributed by atoms with E-state index in [1.807, 2.05) is 0 Å². The van der Waals surface area contributed by atoms with Gasteiger partial charge in [-0.3, -0.25) is 29.4 Å². The van der Waals surface area contributed by atoms with Crippen LogP contribution in [-0.2, 0) is 57.0 Å². The lowest BCUT2D eigenvalue weighted by molar-refractivity contribution is -0.136. The van der Waals surface area contributed by atoms with Gasteiger partial charge in [-0.2, -0.15) is 0 Å². The molecular weight excluding hydrogens is 722 g/mol. The van der Waals surface area contributed by atoms with Crippen LogP contribution in [0.3, 0.4) is 0 Å². The summed E-state index contributed by atoms with van der Waals surface area (Å²) in [6.07, 6.45) is 1.29. The van der Waals surface area contributed by atoms with E-state index < -0.39 is 29.7 Å². The minimum Gasteiger partial charge on any atom is -0.382 e. The van der Waals surface area contributed by atoms with Gasteiger partial charge in [0.2, 0.25) is 11.8 Å². The van der Waals surface area contributed by atoms with Crippen LogP contribution in [0.25, 0.3) is 0 Å². The molecule has 0 spiro atoms. The number of imide groups is 2. The molecule has 17 nitrogen and oxygen atoms in total. The molecule has 312 valence electrons. The van der Waals surface area contributed by atoms with E-state index in [4.69, 9.17) is 47.4 Å². The minimum atomic E-state index is -1.01. The predicted molar refractivity (Wildman–Crippen MR) is 199 cm³/mol. The Hall–Kier alpha value is -3.10. The molecule has 1 aromatic rings. The summed E-state index contributed by atoms with van der Waals surface area (Å²) >= 11 is 0. The molecule has 1 aromatic carbocycles. The molecule has 4 amide bonds. The summed E-state index contributed by atoms with van der Waals surface area (Å²) in [5.41, 5.74) is 0.911. The Morgan fingerprint density at radius 2 is 1.07 bits per heavy atom. The van der Waals surface area contributed by atoms with E-state index in [0.29, 0.717) is 144 Å². The lowest BCUT2D eigenvalue weighted by Crippen LogP contribution is -2.54. The fraction of sp³-hybridized carbons (Fsp3) is 0.737. The van der Waals surface area contributed by atoms with Crippen LogP contribution in [0.2, 0.25) is 0 Å². The normalized spacial score (nSPS) is 16.2. The first-order chi connectivity index (χ1) is 26.9. The van der Waals surface area contributed by atoms with Gasteiger partial charge < -0.3 is 52.7 Å². The summed E-state index contributed by atoms with van der Waals surface area (Å²) in [4.78, 5) is 50.9. The zero-order chi connectivity index (χ0) is 39.4. The van der Waals surface area contributed by atoms with E-state index in [0.717, 1.165) is 17.9 Å². The van der Waals surface area contributed by atoms with Crippen molar-refractivity contribution in [3.05, 3.63) is 29.3 Å². The fourth-order valence-electron chi connectivity index (χ4n) is 5.30. The maximum atomic E-state index is 13.2. The summed E-state index contributed by atoms with van der Waals surface area (Å²) in [5, 5.41) is 5.33.